The summed E-state index contributed by atoms with van der Waals surface area (Å²) < 4.78 is 8.36. The number of hydrogen-bond donors (Lipinski definition) is 1. The number of rotatable bonds is 6. The third-order valence-corrected chi connectivity index (χ3v) is 8.83. The van der Waals surface area contributed by atoms with E-state index in [1.165, 1.54) is 31.0 Å². The summed E-state index contributed by atoms with van der Waals surface area (Å²) in [4.78, 5) is 21.5. The Kier molecular flexibility index (Phi) is 5.69. The van der Waals surface area contributed by atoms with Crippen LogP contribution in [0.1, 0.15) is 27.3 Å². The Bertz CT molecular complexity index is 1520. The Hall–Kier alpha value is -3.00. The van der Waals surface area contributed by atoms with E-state index in [9.17, 15) is 4.79 Å². The van der Waals surface area contributed by atoms with E-state index in [0.29, 0.717) is 12.6 Å². The molecule has 2 aromatic carbocycles. The molecule has 7 heteroatoms. The molecule has 3 heterocycles. The minimum Gasteiger partial charge on any atom is -0.497 e. The van der Waals surface area contributed by atoms with Crippen LogP contribution in [0.3, 0.4) is 0 Å². The summed E-state index contributed by atoms with van der Waals surface area (Å²) in [7, 11) is 1.70. The number of benzene rings is 2. The SMILES string of the molecule is COc1cccc(CN[C@H]2CCc3c(sc4ncn(Cc5cc6ccccc6s5)c(=O)c34)C2)c1. The molecule has 3 aromatic heterocycles. The van der Waals surface area contributed by atoms with Gasteiger partial charge >= 0.3 is 0 Å². The first kappa shape index (κ1) is 21.5. The molecule has 0 fully saturated rings. The van der Waals surface area contributed by atoms with Gasteiger partial charge in [0.2, 0.25) is 0 Å². The number of aromatic nitrogens is 2. The highest BCUT2D eigenvalue weighted by molar-refractivity contribution is 7.19. The van der Waals surface area contributed by atoms with Gasteiger partial charge in [-0.15, -0.1) is 22.7 Å². The zero-order valence-electron chi connectivity index (χ0n) is 18.9. The molecule has 0 aliphatic heterocycles. The molecule has 1 atom stereocenters. The van der Waals surface area contributed by atoms with Gasteiger partial charge in [0.05, 0.1) is 25.4 Å². The summed E-state index contributed by atoms with van der Waals surface area (Å²) in [6.07, 6.45) is 4.59. The van der Waals surface area contributed by atoms with Crippen LogP contribution in [0.25, 0.3) is 20.3 Å². The fourth-order valence-corrected chi connectivity index (χ4v) is 7.14. The van der Waals surface area contributed by atoms with E-state index in [1.54, 1.807) is 40.7 Å². The number of thiophene rings is 2. The summed E-state index contributed by atoms with van der Waals surface area (Å²) in [6, 6.07) is 19.1. The second-order valence-corrected chi connectivity index (χ2v) is 11.0. The fraction of sp³-hybridized carbons (Fsp3) is 0.259. The molecule has 0 saturated carbocycles. The fourth-order valence-electron chi connectivity index (χ4n) is 4.82. The number of nitrogens with one attached hydrogen (secondary N) is 1. The van der Waals surface area contributed by atoms with Crippen LogP contribution in [0.4, 0.5) is 0 Å². The molecule has 0 saturated heterocycles. The topological polar surface area (TPSA) is 56.1 Å². The summed E-state index contributed by atoms with van der Waals surface area (Å²) in [5, 5.41) is 5.75. The van der Waals surface area contributed by atoms with Crippen molar-refractivity contribution in [2.75, 3.05) is 7.11 Å². The minimum absolute atomic E-state index is 0.0859. The highest BCUT2D eigenvalue weighted by atomic mass is 32.1. The lowest BCUT2D eigenvalue weighted by Crippen LogP contribution is -2.33. The van der Waals surface area contributed by atoms with Crippen LogP contribution < -0.4 is 15.6 Å². The maximum atomic E-state index is 13.4. The monoisotopic (exact) mass is 487 g/mol. The number of methoxy groups -OCH3 is 1. The lowest BCUT2D eigenvalue weighted by molar-refractivity contribution is 0.413. The molecule has 1 N–H and O–H groups in total. The molecular formula is C27H25N3O2S2. The van der Waals surface area contributed by atoms with Crippen molar-refractivity contribution in [3.63, 3.8) is 0 Å². The van der Waals surface area contributed by atoms with Crippen molar-refractivity contribution in [3.05, 3.63) is 92.2 Å². The van der Waals surface area contributed by atoms with Crippen LogP contribution in [-0.4, -0.2) is 22.7 Å². The van der Waals surface area contributed by atoms with Gasteiger partial charge in [0.1, 0.15) is 10.6 Å². The molecule has 5 aromatic rings. The third-order valence-electron chi connectivity index (χ3n) is 6.57. The average Bonchev–Trinajstić information content (AvgIpc) is 3.45. The molecule has 0 amide bonds. The highest BCUT2D eigenvalue weighted by Crippen LogP contribution is 2.34. The Morgan fingerprint density at radius 3 is 2.94 bits per heavy atom. The van der Waals surface area contributed by atoms with Crippen LogP contribution in [0, 0.1) is 0 Å². The lowest BCUT2D eigenvalue weighted by atomic mass is 9.93. The first-order valence-corrected chi connectivity index (χ1v) is 13.1. The highest BCUT2D eigenvalue weighted by Gasteiger charge is 2.25. The Morgan fingerprint density at radius 1 is 1.15 bits per heavy atom. The van der Waals surface area contributed by atoms with Crippen molar-refractivity contribution in [1.82, 2.24) is 14.9 Å². The molecule has 5 nitrogen and oxygen atoms in total. The third kappa shape index (κ3) is 4.04. The molecular weight excluding hydrogens is 462 g/mol. The van der Waals surface area contributed by atoms with Crippen molar-refractivity contribution < 1.29 is 4.74 Å². The number of nitrogens with zero attached hydrogens (tertiary/aromatic N) is 2. The van der Waals surface area contributed by atoms with E-state index < -0.39 is 0 Å². The zero-order chi connectivity index (χ0) is 23.1. The minimum atomic E-state index is 0.0859. The Morgan fingerprint density at radius 2 is 2.06 bits per heavy atom. The van der Waals surface area contributed by atoms with E-state index >= 15 is 0 Å². The predicted octanol–water partition coefficient (Wildman–Crippen LogP) is 5.38. The Balaban J connectivity index is 1.22. The van der Waals surface area contributed by atoms with Gasteiger partial charge in [0.15, 0.2) is 0 Å². The van der Waals surface area contributed by atoms with Gasteiger partial charge in [-0.25, -0.2) is 4.98 Å². The number of fused-ring (bicyclic) bond motifs is 4. The molecule has 172 valence electrons. The normalized spacial score (nSPS) is 15.6. The predicted molar refractivity (Wildman–Crippen MR) is 140 cm³/mol. The zero-order valence-corrected chi connectivity index (χ0v) is 20.5. The smallest absolute Gasteiger partial charge is 0.262 e. The largest absolute Gasteiger partial charge is 0.497 e. The van der Waals surface area contributed by atoms with Crippen molar-refractivity contribution >= 4 is 43.0 Å². The first-order valence-electron chi connectivity index (χ1n) is 11.5. The van der Waals surface area contributed by atoms with E-state index in [2.05, 4.69) is 52.8 Å². The number of ether oxygens (including phenoxy) is 1. The molecule has 1 aliphatic rings. The molecule has 6 rings (SSSR count). The van der Waals surface area contributed by atoms with Gasteiger partial charge < -0.3 is 10.1 Å². The van der Waals surface area contributed by atoms with Crippen molar-refractivity contribution in [2.45, 2.75) is 38.4 Å². The van der Waals surface area contributed by atoms with E-state index in [4.69, 9.17) is 4.74 Å². The summed E-state index contributed by atoms with van der Waals surface area (Å²) in [6.45, 7) is 1.37. The van der Waals surface area contributed by atoms with Crippen molar-refractivity contribution in [3.8, 4) is 5.75 Å². The van der Waals surface area contributed by atoms with Crippen LogP contribution in [0.15, 0.2) is 65.7 Å². The van der Waals surface area contributed by atoms with E-state index in [1.807, 2.05) is 12.1 Å². The van der Waals surface area contributed by atoms with E-state index in [0.717, 1.165) is 41.8 Å². The second kappa shape index (κ2) is 8.98. The van der Waals surface area contributed by atoms with Crippen molar-refractivity contribution in [1.29, 1.82) is 0 Å². The lowest BCUT2D eigenvalue weighted by Gasteiger charge is -2.23. The Labute approximate surface area is 205 Å². The number of hydrogen-bond acceptors (Lipinski definition) is 6. The molecule has 0 spiro atoms. The van der Waals surface area contributed by atoms with Gasteiger partial charge in [-0.05, 0) is 60.0 Å². The quantitative estimate of drug-likeness (QED) is 0.350. The summed E-state index contributed by atoms with van der Waals surface area (Å²) in [5.41, 5.74) is 2.51. The first-order chi connectivity index (χ1) is 16.7. The molecule has 0 unspecified atom stereocenters. The van der Waals surface area contributed by atoms with Gasteiger partial charge in [0, 0.05) is 27.0 Å². The maximum Gasteiger partial charge on any atom is 0.262 e. The summed E-state index contributed by atoms with van der Waals surface area (Å²) in [5.74, 6) is 0.882. The van der Waals surface area contributed by atoms with Crippen LogP contribution >= 0.6 is 22.7 Å². The van der Waals surface area contributed by atoms with E-state index in [-0.39, 0.29) is 5.56 Å². The van der Waals surface area contributed by atoms with Crippen LogP contribution in [-0.2, 0) is 25.9 Å². The summed E-state index contributed by atoms with van der Waals surface area (Å²) >= 11 is 3.42. The molecule has 0 bridgehead atoms. The van der Waals surface area contributed by atoms with Crippen LogP contribution in [0.2, 0.25) is 0 Å². The van der Waals surface area contributed by atoms with Gasteiger partial charge in [-0.3, -0.25) is 9.36 Å². The van der Waals surface area contributed by atoms with Crippen LogP contribution in [0.5, 0.6) is 5.75 Å². The van der Waals surface area contributed by atoms with Gasteiger partial charge in [-0.2, -0.15) is 0 Å². The molecule has 0 radical (unpaired) electrons. The van der Waals surface area contributed by atoms with Gasteiger partial charge in [-0.1, -0.05) is 30.3 Å². The second-order valence-electron chi connectivity index (χ2n) is 8.78. The van der Waals surface area contributed by atoms with Crippen molar-refractivity contribution in [2.24, 2.45) is 0 Å². The maximum absolute atomic E-state index is 13.4. The molecule has 34 heavy (non-hydrogen) atoms. The van der Waals surface area contributed by atoms with Gasteiger partial charge in [0.25, 0.3) is 5.56 Å². The average molecular weight is 488 g/mol. The number of aryl methyl sites for hydroxylation is 1. The standard InChI is InChI=1S/C27H25N3O2S2/c1-32-20-7-4-5-17(11-20)14-28-19-9-10-22-24(13-19)34-26-25(22)27(31)30(16-29-26)15-21-12-18-6-2-3-8-23(18)33-21/h2-8,11-12,16,19,28H,9-10,13-15H2,1H3/t19-/m0/s1. The molecule has 1 aliphatic carbocycles.